The number of fused-ring (bicyclic) bond motifs is 1. The van der Waals surface area contributed by atoms with E-state index >= 15 is 0 Å². The molecule has 0 bridgehead atoms. The Morgan fingerprint density at radius 2 is 2.12 bits per heavy atom. The molecule has 0 aliphatic carbocycles. The van der Waals surface area contributed by atoms with E-state index in [0.29, 0.717) is 10.8 Å². The minimum absolute atomic E-state index is 0.613. The Hall–Kier alpha value is -2.09. The van der Waals surface area contributed by atoms with Crippen LogP contribution in [0, 0.1) is 0 Å². The molecule has 0 atom stereocenters. The van der Waals surface area contributed by atoms with E-state index < -0.39 is 0 Å². The SMILES string of the molecule is COc1ccc(CSc2ccc3nnc(-c4ccsc4)n3n2)cc1Cl. The quantitative estimate of drug-likeness (QED) is 0.459. The molecule has 0 unspecified atom stereocenters. The Bertz CT molecular complexity index is 1020. The number of nitrogens with zero attached hydrogens (tertiary/aromatic N) is 4. The highest BCUT2D eigenvalue weighted by Crippen LogP contribution is 2.29. The fraction of sp³-hybridized carbons (Fsp3) is 0.118. The largest absolute Gasteiger partial charge is 0.495 e. The zero-order valence-electron chi connectivity index (χ0n) is 13.2. The number of thioether (sulfide) groups is 1. The minimum atomic E-state index is 0.613. The molecule has 4 aromatic rings. The predicted octanol–water partition coefficient (Wildman–Crippen LogP) is 4.81. The second kappa shape index (κ2) is 7.03. The summed E-state index contributed by atoms with van der Waals surface area (Å²) in [6.45, 7) is 0. The first kappa shape index (κ1) is 16.4. The summed E-state index contributed by atoms with van der Waals surface area (Å²) >= 11 is 9.44. The Kier molecular flexibility index (Phi) is 4.61. The Balaban J connectivity index is 1.57. The zero-order valence-corrected chi connectivity index (χ0v) is 15.6. The van der Waals surface area contributed by atoms with E-state index in [0.717, 1.165) is 33.4 Å². The number of benzene rings is 1. The molecule has 0 N–H and O–H groups in total. The fourth-order valence-corrected chi connectivity index (χ4v) is 4.09. The number of hydrogen-bond donors (Lipinski definition) is 0. The van der Waals surface area contributed by atoms with Gasteiger partial charge in [0.15, 0.2) is 11.5 Å². The molecule has 0 fully saturated rings. The molecule has 0 amide bonds. The van der Waals surface area contributed by atoms with E-state index in [1.54, 1.807) is 34.7 Å². The van der Waals surface area contributed by atoms with Crippen LogP contribution in [0.2, 0.25) is 5.02 Å². The fourth-order valence-electron chi connectivity index (χ4n) is 2.38. The van der Waals surface area contributed by atoms with Gasteiger partial charge in [0, 0.05) is 16.7 Å². The standard InChI is InChI=1S/C17H13ClN4OS2/c1-23-14-3-2-11(8-13(14)18)9-25-16-5-4-15-19-20-17(22(15)21-16)12-6-7-24-10-12/h2-8,10H,9H2,1H3. The molecule has 3 heterocycles. The maximum Gasteiger partial charge on any atom is 0.186 e. The van der Waals surface area contributed by atoms with Crippen molar-refractivity contribution in [2.45, 2.75) is 10.8 Å². The van der Waals surface area contributed by atoms with Crippen LogP contribution in [0.15, 0.2) is 52.2 Å². The van der Waals surface area contributed by atoms with Crippen molar-refractivity contribution in [3.05, 3.63) is 57.7 Å². The average Bonchev–Trinajstić information content (AvgIpc) is 3.29. The molecular weight excluding hydrogens is 376 g/mol. The molecule has 126 valence electrons. The first-order valence-electron chi connectivity index (χ1n) is 7.45. The van der Waals surface area contributed by atoms with Crippen molar-refractivity contribution in [3.63, 3.8) is 0 Å². The number of aromatic nitrogens is 4. The van der Waals surface area contributed by atoms with Crippen molar-refractivity contribution in [2.24, 2.45) is 0 Å². The number of rotatable bonds is 5. The molecule has 4 rings (SSSR count). The highest BCUT2D eigenvalue weighted by atomic mass is 35.5. The van der Waals surface area contributed by atoms with Crippen LogP contribution in [0.3, 0.4) is 0 Å². The summed E-state index contributed by atoms with van der Waals surface area (Å²) in [5.41, 5.74) is 2.87. The normalized spacial score (nSPS) is 11.1. The zero-order chi connectivity index (χ0) is 17.2. The number of hydrogen-bond acceptors (Lipinski definition) is 6. The van der Waals surface area contributed by atoms with E-state index in [-0.39, 0.29) is 0 Å². The topological polar surface area (TPSA) is 52.3 Å². The van der Waals surface area contributed by atoms with Gasteiger partial charge in [0.25, 0.3) is 0 Å². The van der Waals surface area contributed by atoms with Gasteiger partial charge in [-0.1, -0.05) is 29.4 Å². The number of ether oxygens (including phenoxy) is 1. The highest BCUT2D eigenvalue weighted by molar-refractivity contribution is 7.98. The Morgan fingerprint density at radius 3 is 2.88 bits per heavy atom. The van der Waals surface area contributed by atoms with Crippen LogP contribution < -0.4 is 4.74 Å². The van der Waals surface area contributed by atoms with Gasteiger partial charge in [-0.3, -0.25) is 0 Å². The third-order valence-corrected chi connectivity index (χ3v) is 5.59. The summed E-state index contributed by atoms with van der Waals surface area (Å²) in [5, 5.41) is 18.7. The maximum atomic E-state index is 6.18. The van der Waals surface area contributed by atoms with Crippen LogP contribution in [-0.4, -0.2) is 26.9 Å². The Morgan fingerprint density at radius 1 is 1.20 bits per heavy atom. The van der Waals surface area contributed by atoms with Gasteiger partial charge in [0.2, 0.25) is 0 Å². The van der Waals surface area contributed by atoms with Gasteiger partial charge < -0.3 is 4.74 Å². The maximum absolute atomic E-state index is 6.18. The van der Waals surface area contributed by atoms with Gasteiger partial charge >= 0.3 is 0 Å². The second-order valence-electron chi connectivity index (χ2n) is 5.23. The van der Waals surface area contributed by atoms with Gasteiger partial charge in [-0.2, -0.15) is 21.0 Å². The summed E-state index contributed by atoms with van der Waals surface area (Å²) in [6.07, 6.45) is 0. The first-order chi connectivity index (χ1) is 12.2. The minimum Gasteiger partial charge on any atom is -0.495 e. The summed E-state index contributed by atoms with van der Waals surface area (Å²) in [6, 6.07) is 11.7. The molecule has 0 saturated heterocycles. The molecule has 0 spiro atoms. The van der Waals surface area contributed by atoms with Gasteiger partial charge in [-0.05, 0) is 41.3 Å². The molecule has 1 aromatic carbocycles. The average molecular weight is 389 g/mol. The van der Waals surface area contributed by atoms with E-state index in [4.69, 9.17) is 16.3 Å². The lowest BCUT2D eigenvalue weighted by molar-refractivity contribution is 0.415. The van der Waals surface area contributed by atoms with Crippen LogP contribution >= 0.6 is 34.7 Å². The first-order valence-corrected chi connectivity index (χ1v) is 9.75. The van der Waals surface area contributed by atoms with Crippen LogP contribution in [0.25, 0.3) is 17.0 Å². The number of methoxy groups -OCH3 is 1. The van der Waals surface area contributed by atoms with Gasteiger partial charge in [0.05, 0.1) is 12.1 Å². The summed E-state index contributed by atoms with van der Waals surface area (Å²) in [4.78, 5) is 0. The van der Waals surface area contributed by atoms with E-state index in [9.17, 15) is 0 Å². The molecule has 3 aromatic heterocycles. The van der Waals surface area contributed by atoms with Crippen molar-refractivity contribution in [3.8, 4) is 17.1 Å². The van der Waals surface area contributed by atoms with Gasteiger partial charge in [-0.15, -0.1) is 10.2 Å². The van der Waals surface area contributed by atoms with Crippen molar-refractivity contribution in [1.29, 1.82) is 0 Å². The molecule has 0 saturated carbocycles. The van der Waals surface area contributed by atoms with E-state index in [1.165, 1.54) is 0 Å². The van der Waals surface area contributed by atoms with E-state index in [2.05, 4.69) is 15.3 Å². The molecule has 5 nitrogen and oxygen atoms in total. The van der Waals surface area contributed by atoms with Gasteiger partial charge in [0.1, 0.15) is 10.8 Å². The molecule has 25 heavy (non-hydrogen) atoms. The van der Waals surface area contributed by atoms with Crippen molar-refractivity contribution >= 4 is 40.3 Å². The predicted molar refractivity (Wildman–Crippen MR) is 102 cm³/mol. The van der Waals surface area contributed by atoms with Crippen LogP contribution in [0.4, 0.5) is 0 Å². The lowest BCUT2D eigenvalue weighted by atomic mass is 10.2. The van der Waals surface area contributed by atoms with E-state index in [1.807, 2.05) is 47.2 Å². The Labute approximate surface area is 157 Å². The van der Waals surface area contributed by atoms with Crippen molar-refractivity contribution in [1.82, 2.24) is 19.8 Å². The number of halogens is 1. The summed E-state index contributed by atoms with van der Waals surface area (Å²) in [5.74, 6) is 2.20. The van der Waals surface area contributed by atoms with Gasteiger partial charge in [-0.25, -0.2) is 0 Å². The summed E-state index contributed by atoms with van der Waals surface area (Å²) < 4.78 is 6.97. The smallest absolute Gasteiger partial charge is 0.186 e. The molecule has 0 radical (unpaired) electrons. The molecule has 0 aliphatic heterocycles. The molecule has 8 heteroatoms. The second-order valence-corrected chi connectivity index (χ2v) is 7.42. The van der Waals surface area contributed by atoms with Crippen LogP contribution in [0.1, 0.15) is 5.56 Å². The third kappa shape index (κ3) is 3.35. The van der Waals surface area contributed by atoms with Crippen LogP contribution in [0.5, 0.6) is 5.75 Å². The monoisotopic (exact) mass is 388 g/mol. The highest BCUT2D eigenvalue weighted by Gasteiger charge is 2.11. The third-order valence-electron chi connectivity index (χ3n) is 3.62. The number of thiophene rings is 1. The molecule has 0 aliphatic rings. The lowest BCUT2D eigenvalue weighted by Crippen LogP contribution is -1.96. The molecular formula is C17H13ClN4OS2. The van der Waals surface area contributed by atoms with Crippen molar-refractivity contribution < 1.29 is 4.74 Å². The van der Waals surface area contributed by atoms with Crippen LogP contribution in [-0.2, 0) is 5.75 Å². The summed E-state index contributed by atoms with van der Waals surface area (Å²) in [7, 11) is 1.61. The lowest BCUT2D eigenvalue weighted by Gasteiger charge is -2.06. The van der Waals surface area contributed by atoms with Crippen molar-refractivity contribution in [2.75, 3.05) is 7.11 Å².